The van der Waals surface area contributed by atoms with E-state index in [1.807, 2.05) is 27.7 Å². The van der Waals surface area contributed by atoms with E-state index < -0.39 is 30.4 Å². The predicted octanol–water partition coefficient (Wildman–Crippen LogP) is 3.04. The molecule has 0 saturated carbocycles. The van der Waals surface area contributed by atoms with E-state index in [4.69, 9.17) is 5.11 Å². The van der Waals surface area contributed by atoms with Crippen LogP contribution < -0.4 is 5.32 Å². The summed E-state index contributed by atoms with van der Waals surface area (Å²) in [5, 5.41) is 36.4. The fourth-order valence-corrected chi connectivity index (χ4v) is 3.68. The summed E-state index contributed by atoms with van der Waals surface area (Å²) in [4.78, 5) is 23.7. The van der Waals surface area contributed by atoms with Crippen molar-refractivity contribution in [3.8, 4) is 5.69 Å². The van der Waals surface area contributed by atoms with Gasteiger partial charge in [0.25, 0.3) is 5.91 Å². The van der Waals surface area contributed by atoms with Crippen LogP contribution in [-0.4, -0.2) is 55.7 Å². The van der Waals surface area contributed by atoms with Gasteiger partial charge in [0.2, 0.25) is 0 Å². The fraction of sp³-hybridized carbons (Fsp3) is 0.542. The van der Waals surface area contributed by atoms with Crippen molar-refractivity contribution in [1.82, 2.24) is 15.1 Å². The molecule has 0 aliphatic heterocycles. The van der Waals surface area contributed by atoms with Gasteiger partial charge in [-0.1, -0.05) is 27.7 Å². The van der Waals surface area contributed by atoms with Crippen molar-refractivity contribution in [3.63, 3.8) is 0 Å². The van der Waals surface area contributed by atoms with Crippen LogP contribution in [0, 0.1) is 11.7 Å². The maximum absolute atomic E-state index is 13.5. The minimum atomic E-state index is -1.15. The second-order valence-electron chi connectivity index (χ2n) is 9.04. The van der Waals surface area contributed by atoms with E-state index in [0.29, 0.717) is 24.3 Å². The molecule has 1 amide bonds. The molecule has 1 aromatic carbocycles. The number of carboxylic acids is 1. The number of nitrogens with zero attached hydrogens (tertiary/aromatic N) is 2. The first-order chi connectivity index (χ1) is 15.5. The summed E-state index contributed by atoms with van der Waals surface area (Å²) >= 11 is 0. The normalized spacial score (nSPS) is 13.4. The van der Waals surface area contributed by atoms with E-state index >= 15 is 0 Å². The second-order valence-corrected chi connectivity index (χ2v) is 9.04. The van der Waals surface area contributed by atoms with E-state index in [9.17, 15) is 24.2 Å². The number of carbonyl (C=O) groups excluding carboxylic acids is 1. The summed E-state index contributed by atoms with van der Waals surface area (Å²) in [7, 11) is 0. The number of hydrogen-bond acceptors (Lipinski definition) is 5. The van der Waals surface area contributed by atoms with Gasteiger partial charge in [-0.15, -0.1) is 0 Å². The zero-order valence-electron chi connectivity index (χ0n) is 19.6. The number of aliphatic hydroxyl groups is 2. The van der Waals surface area contributed by atoms with Gasteiger partial charge in [-0.25, -0.2) is 9.07 Å². The number of aliphatic carboxylic acids is 1. The van der Waals surface area contributed by atoms with Gasteiger partial charge in [0.15, 0.2) is 5.69 Å². The van der Waals surface area contributed by atoms with Crippen molar-refractivity contribution >= 4 is 11.9 Å². The number of hydrogen-bond donors (Lipinski definition) is 4. The molecule has 0 bridgehead atoms. The number of aromatic nitrogens is 2. The quantitative estimate of drug-likeness (QED) is 0.384. The average Bonchev–Trinajstić information content (AvgIpc) is 3.10. The van der Waals surface area contributed by atoms with Gasteiger partial charge in [-0.2, -0.15) is 5.10 Å². The molecule has 2 aromatic rings. The van der Waals surface area contributed by atoms with Crippen LogP contribution >= 0.6 is 0 Å². The van der Waals surface area contributed by atoms with Gasteiger partial charge in [-0.05, 0) is 55.4 Å². The van der Waals surface area contributed by atoms with Crippen molar-refractivity contribution in [2.24, 2.45) is 5.92 Å². The fourth-order valence-electron chi connectivity index (χ4n) is 3.68. The molecule has 0 saturated heterocycles. The minimum Gasteiger partial charge on any atom is -0.481 e. The van der Waals surface area contributed by atoms with Gasteiger partial charge in [0.1, 0.15) is 5.82 Å². The summed E-state index contributed by atoms with van der Waals surface area (Å²) in [6, 6.07) is 5.76. The van der Waals surface area contributed by atoms with Gasteiger partial charge < -0.3 is 20.6 Å². The lowest BCUT2D eigenvalue weighted by molar-refractivity contribution is -0.139. The molecule has 0 fully saturated rings. The lowest BCUT2D eigenvalue weighted by atomic mass is 9.95. The smallest absolute Gasteiger partial charge is 0.305 e. The molecular weight excluding hydrogens is 429 g/mol. The third kappa shape index (κ3) is 7.64. The van der Waals surface area contributed by atoms with Gasteiger partial charge in [-0.3, -0.25) is 9.59 Å². The van der Waals surface area contributed by atoms with Crippen LogP contribution in [0.15, 0.2) is 24.3 Å². The number of halogens is 1. The number of benzene rings is 1. The standard InChI is InChI=1S/C24H34FN3O5/c1-14(2)13-26-24(33)23-22(15(3)4)20(10-9-18(29)11-19(30)12-21(31)32)28(27-23)17-7-5-16(25)6-8-17/h5-8,14-15,18-19,29-30H,9-13H2,1-4H3,(H,26,33)(H,31,32)/t18-,19-/m1/s1. The third-order valence-electron chi connectivity index (χ3n) is 5.22. The highest BCUT2D eigenvalue weighted by atomic mass is 19.1. The molecule has 8 nitrogen and oxygen atoms in total. The van der Waals surface area contributed by atoms with Crippen molar-refractivity contribution < 1.29 is 29.3 Å². The third-order valence-corrected chi connectivity index (χ3v) is 5.22. The molecule has 0 aliphatic rings. The van der Waals surface area contributed by atoms with E-state index in [0.717, 1.165) is 5.56 Å². The Kier molecular flexibility index (Phi) is 9.55. The molecule has 0 radical (unpaired) electrons. The molecular formula is C24H34FN3O5. The Balaban J connectivity index is 2.39. The SMILES string of the molecule is CC(C)CNC(=O)c1nn(-c2ccc(F)cc2)c(CC[C@@H](O)C[C@@H](O)CC(=O)O)c1C(C)C. The molecule has 0 unspecified atom stereocenters. The van der Waals surface area contributed by atoms with E-state index in [1.54, 1.807) is 16.8 Å². The molecule has 33 heavy (non-hydrogen) atoms. The van der Waals surface area contributed by atoms with Crippen LogP contribution in [0.3, 0.4) is 0 Å². The summed E-state index contributed by atoms with van der Waals surface area (Å²) in [6.07, 6.45) is -2.04. The van der Waals surface area contributed by atoms with Gasteiger partial charge in [0.05, 0.1) is 24.3 Å². The highest BCUT2D eigenvalue weighted by molar-refractivity contribution is 5.94. The lowest BCUT2D eigenvalue weighted by Crippen LogP contribution is -2.28. The van der Waals surface area contributed by atoms with Crippen LogP contribution in [0.2, 0.25) is 0 Å². The van der Waals surface area contributed by atoms with Crippen LogP contribution in [0.5, 0.6) is 0 Å². The molecule has 1 aromatic heterocycles. The van der Waals surface area contributed by atoms with Crippen LogP contribution in [0.25, 0.3) is 5.69 Å². The Morgan fingerprint density at radius 1 is 1.09 bits per heavy atom. The molecule has 0 aliphatic carbocycles. The molecule has 4 N–H and O–H groups in total. The highest BCUT2D eigenvalue weighted by Crippen LogP contribution is 2.28. The summed E-state index contributed by atoms with van der Waals surface area (Å²) in [5.74, 6) is -1.62. The number of aliphatic hydroxyl groups excluding tert-OH is 2. The number of amides is 1. The molecule has 2 atom stereocenters. The van der Waals surface area contributed by atoms with Gasteiger partial charge >= 0.3 is 5.97 Å². The Bertz CT molecular complexity index is 940. The molecule has 1 heterocycles. The number of rotatable bonds is 12. The maximum Gasteiger partial charge on any atom is 0.305 e. The highest BCUT2D eigenvalue weighted by Gasteiger charge is 2.26. The summed E-state index contributed by atoms with van der Waals surface area (Å²) < 4.78 is 15.1. The minimum absolute atomic E-state index is 0.0521. The first-order valence-corrected chi connectivity index (χ1v) is 11.2. The van der Waals surface area contributed by atoms with Crippen molar-refractivity contribution in [1.29, 1.82) is 0 Å². The van der Waals surface area contributed by atoms with Crippen molar-refractivity contribution in [2.45, 2.75) is 71.5 Å². The monoisotopic (exact) mass is 463 g/mol. The zero-order valence-corrected chi connectivity index (χ0v) is 19.6. The Morgan fingerprint density at radius 2 is 1.73 bits per heavy atom. The Hall–Kier alpha value is -2.78. The number of carbonyl (C=O) groups is 2. The first kappa shape index (κ1) is 26.5. The zero-order chi connectivity index (χ0) is 24.7. The van der Waals surface area contributed by atoms with E-state index in [2.05, 4.69) is 10.4 Å². The molecule has 2 rings (SSSR count). The number of nitrogens with one attached hydrogen (secondary N) is 1. The average molecular weight is 464 g/mol. The topological polar surface area (TPSA) is 125 Å². The molecule has 9 heteroatoms. The Morgan fingerprint density at radius 3 is 2.27 bits per heavy atom. The molecule has 0 spiro atoms. The first-order valence-electron chi connectivity index (χ1n) is 11.2. The van der Waals surface area contributed by atoms with Gasteiger partial charge in [0, 0.05) is 17.8 Å². The van der Waals surface area contributed by atoms with Crippen LogP contribution in [0.1, 0.15) is 74.6 Å². The molecule has 182 valence electrons. The lowest BCUT2D eigenvalue weighted by Gasteiger charge is -2.16. The summed E-state index contributed by atoms with van der Waals surface area (Å²) in [6.45, 7) is 8.37. The van der Waals surface area contributed by atoms with Crippen LogP contribution in [-0.2, 0) is 11.2 Å². The van der Waals surface area contributed by atoms with Crippen molar-refractivity contribution in [2.75, 3.05) is 6.54 Å². The van der Waals surface area contributed by atoms with E-state index in [-0.39, 0.29) is 36.3 Å². The largest absolute Gasteiger partial charge is 0.481 e. The van der Waals surface area contributed by atoms with E-state index in [1.165, 1.54) is 12.1 Å². The number of carboxylic acid groups (broad SMARTS) is 1. The predicted molar refractivity (Wildman–Crippen MR) is 122 cm³/mol. The Labute approximate surface area is 193 Å². The van der Waals surface area contributed by atoms with Crippen molar-refractivity contribution in [3.05, 3.63) is 47.0 Å². The van der Waals surface area contributed by atoms with Crippen LogP contribution in [0.4, 0.5) is 4.39 Å². The second kappa shape index (κ2) is 11.9. The summed E-state index contributed by atoms with van der Waals surface area (Å²) in [5.41, 5.74) is 2.30. The maximum atomic E-state index is 13.5.